The van der Waals surface area contributed by atoms with Gasteiger partial charge in [-0.3, -0.25) is 0 Å². The van der Waals surface area contributed by atoms with Crippen LogP contribution < -0.4 is 5.32 Å². The summed E-state index contributed by atoms with van der Waals surface area (Å²) in [5.41, 5.74) is 5.36. The van der Waals surface area contributed by atoms with E-state index in [2.05, 4.69) is 67.3 Å². The van der Waals surface area contributed by atoms with Crippen molar-refractivity contribution < 1.29 is 4.52 Å². The molecule has 0 spiro atoms. The van der Waals surface area contributed by atoms with Gasteiger partial charge in [0.05, 0.1) is 11.6 Å². The Kier molecular flexibility index (Phi) is 6.18. The molecule has 1 atom stereocenters. The van der Waals surface area contributed by atoms with Crippen molar-refractivity contribution >= 4 is 22.9 Å². The van der Waals surface area contributed by atoms with Gasteiger partial charge in [0.25, 0.3) is 5.89 Å². The minimum absolute atomic E-state index is 0.147. The van der Waals surface area contributed by atoms with E-state index in [1.54, 1.807) is 0 Å². The third kappa shape index (κ3) is 4.39. The summed E-state index contributed by atoms with van der Waals surface area (Å²) in [5.74, 6) is 1.56. The highest BCUT2D eigenvalue weighted by Gasteiger charge is 2.34. The quantitative estimate of drug-likeness (QED) is 0.511. The Hall–Kier alpha value is -2.99. The summed E-state index contributed by atoms with van der Waals surface area (Å²) in [4.78, 5) is 6.89. The number of hydrogen-bond donors (Lipinski definition) is 1. The summed E-state index contributed by atoms with van der Waals surface area (Å²) in [6, 6.07) is 18.4. The number of nitrogens with zero attached hydrogens (tertiary/aromatic N) is 3. The van der Waals surface area contributed by atoms with Crippen molar-refractivity contribution in [2.45, 2.75) is 40.2 Å². The van der Waals surface area contributed by atoms with E-state index in [1.807, 2.05) is 30.3 Å². The monoisotopic (exact) mass is 432 g/mol. The lowest BCUT2D eigenvalue weighted by molar-refractivity contribution is 0.386. The second-order valence-electron chi connectivity index (χ2n) is 8.27. The van der Waals surface area contributed by atoms with E-state index in [1.165, 1.54) is 5.56 Å². The van der Waals surface area contributed by atoms with E-state index in [0.717, 1.165) is 40.5 Å². The Bertz CT molecular complexity index is 1090. The highest BCUT2D eigenvalue weighted by molar-refractivity contribution is 7.80. The van der Waals surface area contributed by atoms with Crippen LogP contribution in [-0.2, 0) is 6.42 Å². The molecule has 0 bridgehead atoms. The molecule has 0 radical (unpaired) electrons. The lowest BCUT2D eigenvalue weighted by Crippen LogP contribution is -2.47. The van der Waals surface area contributed by atoms with Gasteiger partial charge >= 0.3 is 0 Å². The largest absolute Gasteiger partial charge is 0.351 e. The molecule has 0 amide bonds. The van der Waals surface area contributed by atoms with Crippen molar-refractivity contribution in [1.82, 2.24) is 20.4 Å². The zero-order valence-electron chi connectivity index (χ0n) is 18.4. The third-order valence-electron chi connectivity index (χ3n) is 5.55. The zero-order chi connectivity index (χ0) is 22.0. The number of nitrogens with one attached hydrogen (secondary N) is 1. The van der Waals surface area contributed by atoms with E-state index < -0.39 is 0 Å². The Morgan fingerprint density at radius 1 is 1.10 bits per heavy atom. The average Bonchev–Trinajstić information content (AvgIpc) is 3.26. The van der Waals surface area contributed by atoms with Crippen LogP contribution in [0.3, 0.4) is 0 Å². The summed E-state index contributed by atoms with van der Waals surface area (Å²) in [7, 11) is 0. The van der Waals surface area contributed by atoms with Crippen LogP contribution in [0.15, 0.2) is 64.8 Å². The summed E-state index contributed by atoms with van der Waals surface area (Å²) < 4.78 is 5.79. The average molecular weight is 433 g/mol. The second-order valence-corrected chi connectivity index (χ2v) is 8.66. The fourth-order valence-corrected chi connectivity index (χ4v) is 4.21. The van der Waals surface area contributed by atoms with Crippen LogP contribution in [0, 0.1) is 5.92 Å². The molecule has 6 heteroatoms. The first-order valence-corrected chi connectivity index (χ1v) is 11.2. The lowest BCUT2D eigenvalue weighted by atomic mass is 9.93. The van der Waals surface area contributed by atoms with E-state index >= 15 is 0 Å². The number of allylic oxidation sites excluding steroid dienone is 1. The van der Waals surface area contributed by atoms with Crippen LogP contribution in [0.2, 0.25) is 0 Å². The molecule has 0 saturated carbocycles. The van der Waals surface area contributed by atoms with Crippen molar-refractivity contribution in [3.8, 4) is 11.4 Å². The van der Waals surface area contributed by atoms with Gasteiger partial charge < -0.3 is 14.7 Å². The first-order chi connectivity index (χ1) is 15.0. The van der Waals surface area contributed by atoms with Gasteiger partial charge in [-0.25, -0.2) is 0 Å². The molecule has 1 aliphatic rings. The Balaban J connectivity index is 1.80. The molecule has 0 fully saturated rings. The van der Waals surface area contributed by atoms with Crippen LogP contribution in [0.1, 0.15) is 50.8 Å². The minimum atomic E-state index is -0.147. The Morgan fingerprint density at radius 3 is 2.45 bits per heavy atom. The van der Waals surface area contributed by atoms with Crippen molar-refractivity contribution in [1.29, 1.82) is 0 Å². The molecule has 160 valence electrons. The molecule has 1 aliphatic heterocycles. The molecule has 2 heterocycles. The first-order valence-electron chi connectivity index (χ1n) is 10.7. The molecular formula is C25H28N4OS. The number of rotatable bonds is 6. The summed E-state index contributed by atoms with van der Waals surface area (Å²) >= 11 is 5.75. The fourth-order valence-electron chi connectivity index (χ4n) is 3.88. The second kappa shape index (κ2) is 9.02. The van der Waals surface area contributed by atoms with Crippen LogP contribution in [-0.4, -0.2) is 26.7 Å². The molecule has 31 heavy (non-hydrogen) atoms. The van der Waals surface area contributed by atoms with E-state index in [9.17, 15) is 0 Å². The lowest BCUT2D eigenvalue weighted by Gasteiger charge is -2.38. The van der Waals surface area contributed by atoms with Crippen LogP contribution >= 0.6 is 12.2 Å². The maximum Gasteiger partial charge on any atom is 0.258 e. The van der Waals surface area contributed by atoms with Crippen molar-refractivity contribution in [2.75, 3.05) is 6.54 Å². The number of aryl methyl sites for hydroxylation is 1. The Labute approximate surface area is 189 Å². The smallest absolute Gasteiger partial charge is 0.258 e. The van der Waals surface area contributed by atoms with Crippen molar-refractivity contribution in [2.24, 2.45) is 5.92 Å². The SMILES string of the molecule is CCc1ccc(C2NC(=S)N(CC(C)C)C(C)=C2c2nc(-c3ccccc3)no2)cc1. The molecule has 1 unspecified atom stereocenters. The summed E-state index contributed by atoms with van der Waals surface area (Å²) in [5, 5.41) is 8.51. The van der Waals surface area contributed by atoms with Crippen LogP contribution in [0.25, 0.3) is 17.0 Å². The van der Waals surface area contributed by atoms with E-state index in [-0.39, 0.29) is 6.04 Å². The molecule has 0 aliphatic carbocycles. The van der Waals surface area contributed by atoms with Gasteiger partial charge in [0.1, 0.15) is 0 Å². The predicted molar refractivity (Wildman–Crippen MR) is 128 cm³/mol. The van der Waals surface area contributed by atoms with E-state index in [0.29, 0.717) is 17.6 Å². The highest BCUT2D eigenvalue weighted by Crippen LogP contribution is 2.37. The number of thiocarbonyl (C=S) groups is 1. The molecule has 4 rings (SSSR count). The van der Waals surface area contributed by atoms with Gasteiger partial charge in [-0.05, 0) is 42.6 Å². The van der Waals surface area contributed by atoms with Gasteiger partial charge in [-0.1, -0.05) is 80.5 Å². The fraction of sp³-hybridized carbons (Fsp3) is 0.320. The van der Waals surface area contributed by atoms with Gasteiger partial charge in [0, 0.05) is 17.8 Å². The van der Waals surface area contributed by atoms with Crippen LogP contribution in [0.5, 0.6) is 0 Å². The number of hydrogen-bond acceptors (Lipinski definition) is 4. The van der Waals surface area contributed by atoms with Crippen LogP contribution in [0.4, 0.5) is 0 Å². The molecule has 5 nitrogen and oxygen atoms in total. The molecule has 0 saturated heterocycles. The Morgan fingerprint density at radius 2 is 1.81 bits per heavy atom. The molecular weight excluding hydrogens is 404 g/mol. The molecule has 1 N–H and O–H groups in total. The van der Waals surface area contributed by atoms with Gasteiger partial charge in [-0.2, -0.15) is 4.98 Å². The molecule has 3 aromatic rings. The van der Waals surface area contributed by atoms with Gasteiger partial charge in [0.2, 0.25) is 5.82 Å². The topological polar surface area (TPSA) is 54.2 Å². The first kappa shape index (κ1) is 21.2. The standard InChI is InChI=1S/C25H28N4OS/c1-5-18-11-13-19(14-12-18)22-21(17(4)29(15-16(2)3)25(31)26-22)24-27-23(28-30-24)20-9-7-6-8-10-20/h6-14,16,22H,5,15H2,1-4H3,(H,26,31). The number of aromatic nitrogens is 2. The van der Waals surface area contributed by atoms with Crippen molar-refractivity contribution in [3.63, 3.8) is 0 Å². The van der Waals surface area contributed by atoms with Gasteiger partial charge in [-0.15, -0.1) is 0 Å². The summed E-state index contributed by atoms with van der Waals surface area (Å²) in [6.07, 6.45) is 1.00. The normalized spacial score (nSPS) is 16.7. The summed E-state index contributed by atoms with van der Waals surface area (Å²) in [6.45, 7) is 9.44. The highest BCUT2D eigenvalue weighted by atomic mass is 32.1. The predicted octanol–water partition coefficient (Wildman–Crippen LogP) is 5.62. The maximum atomic E-state index is 5.79. The zero-order valence-corrected chi connectivity index (χ0v) is 19.2. The van der Waals surface area contributed by atoms with E-state index in [4.69, 9.17) is 21.7 Å². The maximum absolute atomic E-state index is 5.79. The van der Waals surface area contributed by atoms with Crippen molar-refractivity contribution in [3.05, 3.63) is 77.3 Å². The number of benzene rings is 2. The minimum Gasteiger partial charge on any atom is -0.351 e. The molecule has 1 aromatic heterocycles. The van der Waals surface area contributed by atoms with Gasteiger partial charge in [0.15, 0.2) is 5.11 Å². The molecule has 2 aromatic carbocycles. The third-order valence-corrected chi connectivity index (χ3v) is 5.89.